The second-order valence-electron chi connectivity index (χ2n) is 3.90. The third-order valence-electron chi connectivity index (χ3n) is 2.61. The van der Waals surface area contributed by atoms with Gasteiger partial charge in [-0.3, -0.25) is 0 Å². The van der Waals surface area contributed by atoms with E-state index in [2.05, 4.69) is 36.4 Å². The summed E-state index contributed by atoms with van der Waals surface area (Å²) >= 11 is 0. The standard InChI is InChI=1S/C16H15N/c17-13-16-11-9-15(10-12-16)8-4-7-14-5-2-1-3-6-14/h1-6,8-13,17H,7H2/b8-4+,17-13?. The Labute approximate surface area is 102 Å². The van der Waals surface area contributed by atoms with E-state index in [1.54, 1.807) is 0 Å². The van der Waals surface area contributed by atoms with Gasteiger partial charge in [0.25, 0.3) is 0 Å². The third kappa shape index (κ3) is 3.42. The van der Waals surface area contributed by atoms with Gasteiger partial charge >= 0.3 is 0 Å². The number of rotatable bonds is 4. The fraction of sp³-hybridized carbons (Fsp3) is 0.0625. The molecule has 0 bridgehead atoms. The van der Waals surface area contributed by atoms with Crippen LogP contribution in [0.25, 0.3) is 6.08 Å². The number of hydrogen-bond acceptors (Lipinski definition) is 1. The molecule has 1 N–H and O–H groups in total. The van der Waals surface area contributed by atoms with E-state index in [4.69, 9.17) is 5.41 Å². The van der Waals surface area contributed by atoms with Crippen molar-refractivity contribution < 1.29 is 0 Å². The van der Waals surface area contributed by atoms with E-state index in [0.29, 0.717) is 0 Å². The van der Waals surface area contributed by atoms with Crippen LogP contribution in [-0.4, -0.2) is 6.21 Å². The Kier molecular flexibility index (Phi) is 3.87. The first-order valence-electron chi connectivity index (χ1n) is 5.69. The van der Waals surface area contributed by atoms with Crippen molar-refractivity contribution in [1.82, 2.24) is 0 Å². The second-order valence-corrected chi connectivity index (χ2v) is 3.90. The van der Waals surface area contributed by atoms with E-state index < -0.39 is 0 Å². The van der Waals surface area contributed by atoms with Crippen LogP contribution in [0.5, 0.6) is 0 Å². The number of allylic oxidation sites excluding steroid dienone is 1. The molecule has 2 aromatic rings. The van der Waals surface area contributed by atoms with Gasteiger partial charge in [0.15, 0.2) is 0 Å². The van der Waals surface area contributed by atoms with Gasteiger partial charge < -0.3 is 5.41 Å². The zero-order valence-electron chi connectivity index (χ0n) is 9.64. The minimum absolute atomic E-state index is 0.935. The third-order valence-corrected chi connectivity index (χ3v) is 2.61. The zero-order valence-corrected chi connectivity index (χ0v) is 9.64. The Hall–Kier alpha value is -2.15. The first-order chi connectivity index (χ1) is 8.38. The van der Waals surface area contributed by atoms with Crippen LogP contribution in [-0.2, 0) is 6.42 Å². The van der Waals surface area contributed by atoms with Gasteiger partial charge in [-0.25, -0.2) is 0 Å². The van der Waals surface area contributed by atoms with Gasteiger partial charge in [0.1, 0.15) is 0 Å². The van der Waals surface area contributed by atoms with Crippen LogP contribution < -0.4 is 0 Å². The predicted octanol–water partition coefficient (Wildman–Crippen LogP) is 3.94. The van der Waals surface area contributed by atoms with Crippen molar-refractivity contribution in [3.05, 3.63) is 77.4 Å². The summed E-state index contributed by atoms with van der Waals surface area (Å²) in [5.74, 6) is 0. The van der Waals surface area contributed by atoms with Gasteiger partial charge in [0.05, 0.1) is 0 Å². The molecule has 1 nitrogen and oxygen atoms in total. The van der Waals surface area contributed by atoms with Crippen LogP contribution in [0.4, 0.5) is 0 Å². The molecule has 0 amide bonds. The molecule has 0 aliphatic heterocycles. The van der Waals surface area contributed by atoms with Crippen molar-refractivity contribution in [3.8, 4) is 0 Å². The van der Waals surface area contributed by atoms with E-state index in [1.165, 1.54) is 17.3 Å². The number of benzene rings is 2. The Bertz CT molecular complexity index is 495. The normalized spacial score (nSPS) is 10.6. The maximum absolute atomic E-state index is 7.12. The van der Waals surface area contributed by atoms with Crippen LogP contribution in [0, 0.1) is 5.41 Å². The molecule has 17 heavy (non-hydrogen) atoms. The van der Waals surface area contributed by atoms with E-state index >= 15 is 0 Å². The van der Waals surface area contributed by atoms with Crippen molar-refractivity contribution in [1.29, 1.82) is 5.41 Å². The van der Waals surface area contributed by atoms with Gasteiger partial charge in [-0.05, 0) is 23.1 Å². The first kappa shape index (κ1) is 11.3. The van der Waals surface area contributed by atoms with Gasteiger partial charge in [-0.2, -0.15) is 0 Å². The summed E-state index contributed by atoms with van der Waals surface area (Å²) in [7, 11) is 0. The van der Waals surface area contributed by atoms with E-state index in [1.807, 2.05) is 30.3 Å². The molecular formula is C16H15N. The van der Waals surface area contributed by atoms with Gasteiger partial charge in [-0.15, -0.1) is 0 Å². The molecule has 0 spiro atoms. The lowest BCUT2D eigenvalue weighted by Gasteiger charge is -1.96. The number of nitrogens with one attached hydrogen (secondary N) is 1. The highest BCUT2D eigenvalue weighted by Crippen LogP contribution is 2.06. The maximum atomic E-state index is 7.12. The largest absolute Gasteiger partial charge is 0.308 e. The molecule has 0 fully saturated rings. The predicted molar refractivity (Wildman–Crippen MR) is 73.5 cm³/mol. The Morgan fingerprint density at radius 2 is 1.47 bits per heavy atom. The van der Waals surface area contributed by atoms with Crippen molar-refractivity contribution in [2.45, 2.75) is 6.42 Å². The van der Waals surface area contributed by atoms with Gasteiger partial charge in [0, 0.05) is 6.21 Å². The van der Waals surface area contributed by atoms with Crippen LogP contribution in [0.15, 0.2) is 60.7 Å². The molecule has 0 radical (unpaired) electrons. The fourth-order valence-corrected chi connectivity index (χ4v) is 1.65. The summed E-state index contributed by atoms with van der Waals surface area (Å²) in [6, 6.07) is 18.4. The second kappa shape index (κ2) is 5.80. The molecule has 0 saturated heterocycles. The summed E-state index contributed by atoms with van der Waals surface area (Å²) in [5.41, 5.74) is 3.43. The Morgan fingerprint density at radius 1 is 0.824 bits per heavy atom. The molecule has 0 aromatic heterocycles. The summed E-state index contributed by atoms with van der Waals surface area (Å²) in [6.07, 6.45) is 6.58. The van der Waals surface area contributed by atoms with Crippen LogP contribution >= 0.6 is 0 Å². The van der Waals surface area contributed by atoms with Crippen molar-refractivity contribution >= 4 is 12.3 Å². The lowest BCUT2D eigenvalue weighted by Crippen LogP contribution is -1.80. The maximum Gasteiger partial charge on any atom is 0.0250 e. The van der Waals surface area contributed by atoms with Crippen molar-refractivity contribution in [2.75, 3.05) is 0 Å². The van der Waals surface area contributed by atoms with Crippen molar-refractivity contribution in [2.24, 2.45) is 0 Å². The highest BCUT2D eigenvalue weighted by Gasteiger charge is 1.89. The molecule has 0 aliphatic rings. The minimum atomic E-state index is 0.935. The summed E-state index contributed by atoms with van der Waals surface area (Å²) in [6.45, 7) is 0. The molecular weight excluding hydrogens is 206 g/mol. The number of hydrogen-bond donors (Lipinski definition) is 1. The smallest absolute Gasteiger partial charge is 0.0250 e. The Balaban J connectivity index is 1.98. The molecule has 0 atom stereocenters. The average Bonchev–Trinajstić information content (AvgIpc) is 2.41. The first-order valence-corrected chi connectivity index (χ1v) is 5.69. The van der Waals surface area contributed by atoms with Crippen LogP contribution in [0.1, 0.15) is 16.7 Å². The summed E-state index contributed by atoms with van der Waals surface area (Å²) in [4.78, 5) is 0. The average molecular weight is 221 g/mol. The highest BCUT2D eigenvalue weighted by molar-refractivity contribution is 5.77. The summed E-state index contributed by atoms with van der Waals surface area (Å²) < 4.78 is 0. The van der Waals surface area contributed by atoms with Gasteiger partial charge in [-0.1, -0.05) is 66.7 Å². The van der Waals surface area contributed by atoms with E-state index in [9.17, 15) is 0 Å². The lowest BCUT2D eigenvalue weighted by atomic mass is 10.1. The SMILES string of the molecule is N=Cc1ccc(/C=C/Cc2ccccc2)cc1. The van der Waals surface area contributed by atoms with Crippen LogP contribution in [0.3, 0.4) is 0 Å². The zero-order chi connectivity index (χ0) is 11.9. The Morgan fingerprint density at radius 3 is 2.12 bits per heavy atom. The van der Waals surface area contributed by atoms with E-state index in [-0.39, 0.29) is 0 Å². The molecule has 0 aliphatic carbocycles. The fourth-order valence-electron chi connectivity index (χ4n) is 1.65. The molecule has 2 rings (SSSR count). The lowest BCUT2D eigenvalue weighted by molar-refractivity contribution is 1.28. The summed E-state index contributed by atoms with van der Waals surface area (Å²) in [5, 5.41) is 7.12. The molecule has 0 saturated carbocycles. The topological polar surface area (TPSA) is 23.9 Å². The molecule has 84 valence electrons. The van der Waals surface area contributed by atoms with Gasteiger partial charge in [0.2, 0.25) is 0 Å². The van der Waals surface area contributed by atoms with E-state index in [0.717, 1.165) is 12.0 Å². The van der Waals surface area contributed by atoms with Crippen LogP contribution in [0.2, 0.25) is 0 Å². The van der Waals surface area contributed by atoms with Crippen molar-refractivity contribution in [3.63, 3.8) is 0 Å². The quantitative estimate of drug-likeness (QED) is 0.756. The monoisotopic (exact) mass is 221 g/mol. The molecule has 0 unspecified atom stereocenters. The minimum Gasteiger partial charge on any atom is -0.308 e. The molecule has 1 heteroatoms. The molecule has 0 heterocycles. The molecule has 2 aromatic carbocycles. The highest BCUT2D eigenvalue weighted by atomic mass is 14.3.